The molecule has 0 aliphatic carbocycles. The fourth-order valence-corrected chi connectivity index (χ4v) is 3.03. The van der Waals surface area contributed by atoms with E-state index < -0.39 is 0 Å². The smallest absolute Gasteiger partial charge is 0.253 e. The van der Waals surface area contributed by atoms with E-state index >= 15 is 0 Å². The second kappa shape index (κ2) is 7.73. The Morgan fingerprint density at radius 1 is 0.840 bits per heavy atom. The molecule has 0 N–H and O–H groups in total. The molecule has 0 bridgehead atoms. The Kier molecular flexibility index (Phi) is 5.42. The van der Waals surface area contributed by atoms with Crippen LogP contribution in [0.15, 0.2) is 72.8 Å². The van der Waals surface area contributed by atoms with Crippen molar-refractivity contribution in [1.29, 1.82) is 0 Å². The first-order chi connectivity index (χ1) is 12.1. The number of amides is 1. The van der Waals surface area contributed by atoms with E-state index in [0.29, 0.717) is 22.2 Å². The SMILES string of the molecule is CN(Cc1cccc(Cl)c1Cl)C(=O)c1ccc(-c2ccccc2)cc1. The van der Waals surface area contributed by atoms with E-state index in [4.69, 9.17) is 23.2 Å². The van der Waals surface area contributed by atoms with Gasteiger partial charge in [0.05, 0.1) is 10.0 Å². The molecule has 0 fully saturated rings. The van der Waals surface area contributed by atoms with Gasteiger partial charge in [-0.05, 0) is 34.9 Å². The lowest BCUT2D eigenvalue weighted by atomic mass is 10.0. The molecule has 0 unspecified atom stereocenters. The van der Waals surface area contributed by atoms with Crippen LogP contribution in [0, 0.1) is 0 Å². The van der Waals surface area contributed by atoms with E-state index in [9.17, 15) is 4.79 Å². The lowest BCUT2D eigenvalue weighted by molar-refractivity contribution is 0.0785. The molecule has 2 nitrogen and oxygen atoms in total. The van der Waals surface area contributed by atoms with Crippen molar-refractivity contribution in [3.8, 4) is 11.1 Å². The zero-order valence-electron chi connectivity index (χ0n) is 13.7. The molecule has 0 saturated heterocycles. The third-order valence-electron chi connectivity index (χ3n) is 4.02. The molecule has 0 heterocycles. The second-order valence-corrected chi connectivity index (χ2v) is 6.60. The lowest BCUT2D eigenvalue weighted by Crippen LogP contribution is -2.26. The van der Waals surface area contributed by atoms with Gasteiger partial charge in [-0.25, -0.2) is 0 Å². The maximum Gasteiger partial charge on any atom is 0.253 e. The van der Waals surface area contributed by atoms with Crippen LogP contribution in [0.5, 0.6) is 0 Å². The largest absolute Gasteiger partial charge is 0.337 e. The summed E-state index contributed by atoms with van der Waals surface area (Å²) in [6, 6.07) is 23.1. The number of hydrogen-bond donors (Lipinski definition) is 0. The zero-order valence-corrected chi connectivity index (χ0v) is 15.3. The van der Waals surface area contributed by atoms with Crippen LogP contribution < -0.4 is 0 Å². The van der Waals surface area contributed by atoms with Crippen LogP contribution in [0.1, 0.15) is 15.9 Å². The van der Waals surface area contributed by atoms with Gasteiger partial charge in [-0.15, -0.1) is 0 Å². The van der Waals surface area contributed by atoms with E-state index in [2.05, 4.69) is 0 Å². The van der Waals surface area contributed by atoms with Gasteiger partial charge in [-0.2, -0.15) is 0 Å². The van der Waals surface area contributed by atoms with Gasteiger partial charge in [0.15, 0.2) is 0 Å². The van der Waals surface area contributed by atoms with Gasteiger partial charge in [0.25, 0.3) is 5.91 Å². The number of benzene rings is 3. The molecule has 3 aromatic carbocycles. The molecule has 0 spiro atoms. The summed E-state index contributed by atoms with van der Waals surface area (Å²) >= 11 is 12.2. The first kappa shape index (κ1) is 17.5. The van der Waals surface area contributed by atoms with Gasteiger partial charge >= 0.3 is 0 Å². The van der Waals surface area contributed by atoms with Crippen LogP contribution in [0.2, 0.25) is 10.0 Å². The summed E-state index contributed by atoms with van der Waals surface area (Å²) in [4.78, 5) is 14.3. The molecule has 3 rings (SSSR count). The maximum absolute atomic E-state index is 12.6. The van der Waals surface area contributed by atoms with Gasteiger partial charge in [-0.1, -0.05) is 77.8 Å². The van der Waals surface area contributed by atoms with Crippen molar-refractivity contribution in [2.75, 3.05) is 7.05 Å². The van der Waals surface area contributed by atoms with E-state index in [1.807, 2.05) is 66.7 Å². The Morgan fingerprint density at radius 2 is 1.48 bits per heavy atom. The highest BCUT2D eigenvalue weighted by molar-refractivity contribution is 6.42. The summed E-state index contributed by atoms with van der Waals surface area (Å²) < 4.78 is 0. The first-order valence-electron chi connectivity index (χ1n) is 7.90. The van der Waals surface area contributed by atoms with Gasteiger partial charge in [-0.3, -0.25) is 4.79 Å². The first-order valence-corrected chi connectivity index (χ1v) is 8.65. The Bertz CT molecular complexity index is 876. The number of carbonyl (C=O) groups excluding carboxylic acids is 1. The molecule has 126 valence electrons. The number of rotatable bonds is 4. The van der Waals surface area contributed by atoms with Gasteiger partial charge in [0.2, 0.25) is 0 Å². The number of hydrogen-bond acceptors (Lipinski definition) is 1. The average Bonchev–Trinajstić information content (AvgIpc) is 2.65. The predicted molar refractivity (Wildman–Crippen MR) is 104 cm³/mol. The monoisotopic (exact) mass is 369 g/mol. The zero-order chi connectivity index (χ0) is 17.8. The topological polar surface area (TPSA) is 20.3 Å². The third kappa shape index (κ3) is 4.04. The third-order valence-corrected chi connectivity index (χ3v) is 4.88. The summed E-state index contributed by atoms with van der Waals surface area (Å²) in [5, 5.41) is 0.982. The van der Waals surface area contributed by atoms with Crippen LogP contribution in [0.3, 0.4) is 0 Å². The highest BCUT2D eigenvalue weighted by Gasteiger charge is 2.14. The van der Waals surface area contributed by atoms with Crippen molar-refractivity contribution in [3.63, 3.8) is 0 Å². The standard InChI is InChI=1S/C21H17Cl2NO/c1-24(14-18-8-5-9-19(22)20(18)23)21(25)17-12-10-16(11-13-17)15-6-3-2-4-7-15/h2-13H,14H2,1H3. The van der Waals surface area contributed by atoms with E-state index in [0.717, 1.165) is 16.7 Å². The van der Waals surface area contributed by atoms with Gasteiger partial charge < -0.3 is 4.90 Å². The molecule has 0 atom stereocenters. The van der Waals surface area contributed by atoms with Crippen molar-refractivity contribution in [2.45, 2.75) is 6.54 Å². The lowest BCUT2D eigenvalue weighted by Gasteiger charge is -2.18. The van der Waals surface area contributed by atoms with Crippen molar-refractivity contribution in [2.24, 2.45) is 0 Å². The number of carbonyl (C=O) groups is 1. The second-order valence-electron chi connectivity index (χ2n) is 5.82. The molecule has 25 heavy (non-hydrogen) atoms. The highest BCUT2D eigenvalue weighted by Crippen LogP contribution is 2.27. The molecule has 4 heteroatoms. The van der Waals surface area contributed by atoms with E-state index in [1.54, 1.807) is 18.0 Å². The Morgan fingerprint density at radius 3 is 2.16 bits per heavy atom. The Hall–Kier alpha value is -2.29. The maximum atomic E-state index is 12.6. The molecule has 0 radical (unpaired) electrons. The summed E-state index contributed by atoms with van der Waals surface area (Å²) in [5.74, 6) is -0.0596. The van der Waals surface area contributed by atoms with Crippen molar-refractivity contribution in [1.82, 2.24) is 4.90 Å². The fraction of sp³-hybridized carbons (Fsp3) is 0.0952. The van der Waals surface area contributed by atoms with Gasteiger partial charge in [0, 0.05) is 19.2 Å². The minimum atomic E-state index is -0.0596. The molecule has 1 amide bonds. The predicted octanol–water partition coefficient (Wildman–Crippen LogP) is 5.93. The van der Waals surface area contributed by atoms with Crippen LogP contribution in [0.4, 0.5) is 0 Å². The molecule has 0 saturated carbocycles. The van der Waals surface area contributed by atoms with Crippen LogP contribution in [-0.2, 0) is 6.54 Å². The Balaban J connectivity index is 1.75. The van der Waals surface area contributed by atoms with E-state index in [1.165, 1.54) is 0 Å². The molecule has 0 aliphatic heterocycles. The molecule has 0 aromatic heterocycles. The minimum absolute atomic E-state index is 0.0596. The number of halogens is 2. The van der Waals surface area contributed by atoms with Crippen molar-refractivity contribution < 1.29 is 4.79 Å². The highest BCUT2D eigenvalue weighted by atomic mass is 35.5. The average molecular weight is 370 g/mol. The Labute approximate surface area is 157 Å². The van der Waals surface area contributed by atoms with Crippen LogP contribution in [-0.4, -0.2) is 17.9 Å². The van der Waals surface area contributed by atoms with Crippen LogP contribution >= 0.6 is 23.2 Å². The summed E-state index contributed by atoms with van der Waals surface area (Å²) in [6.07, 6.45) is 0. The summed E-state index contributed by atoms with van der Waals surface area (Å²) in [6.45, 7) is 0.401. The minimum Gasteiger partial charge on any atom is -0.337 e. The molecular formula is C21H17Cl2NO. The number of nitrogens with zero attached hydrogens (tertiary/aromatic N) is 1. The van der Waals surface area contributed by atoms with E-state index in [-0.39, 0.29) is 5.91 Å². The van der Waals surface area contributed by atoms with Crippen molar-refractivity contribution >= 4 is 29.1 Å². The van der Waals surface area contributed by atoms with Crippen LogP contribution in [0.25, 0.3) is 11.1 Å². The fourth-order valence-electron chi connectivity index (χ4n) is 2.65. The quantitative estimate of drug-likeness (QED) is 0.557. The molecule has 0 aliphatic rings. The van der Waals surface area contributed by atoms with Gasteiger partial charge in [0.1, 0.15) is 0 Å². The molecule has 3 aromatic rings. The molecular weight excluding hydrogens is 353 g/mol. The summed E-state index contributed by atoms with van der Waals surface area (Å²) in [5.41, 5.74) is 3.67. The normalized spacial score (nSPS) is 10.5. The van der Waals surface area contributed by atoms with Crippen molar-refractivity contribution in [3.05, 3.63) is 94.0 Å². The summed E-state index contributed by atoms with van der Waals surface area (Å²) in [7, 11) is 1.75.